The van der Waals surface area contributed by atoms with Gasteiger partial charge in [0.05, 0.1) is 66.1 Å². The largest absolute Gasteiger partial charge is 0.382 e. The van der Waals surface area contributed by atoms with E-state index in [2.05, 4.69) is 0 Å². The van der Waals surface area contributed by atoms with Crippen LogP contribution in [0.2, 0.25) is 0 Å². The molecule has 25 heavy (non-hydrogen) atoms. The van der Waals surface area contributed by atoms with Crippen LogP contribution in [0.4, 0.5) is 0 Å². The number of methoxy groups -OCH3 is 4. The van der Waals surface area contributed by atoms with Crippen LogP contribution in [0.15, 0.2) is 0 Å². The minimum absolute atomic E-state index is 0.245. The standard InChI is InChI=1S/C16H34O9/c1-17-5-9-21-13-15(23-11-7-19-3)25-16(24-12-8-20-4)14-22-10-6-18-2/h15-16H,5-14H2,1-4H3. The highest BCUT2D eigenvalue weighted by molar-refractivity contribution is 4.50. The van der Waals surface area contributed by atoms with Gasteiger partial charge in [-0.25, -0.2) is 0 Å². The molecule has 0 aliphatic carbocycles. The highest BCUT2D eigenvalue weighted by atomic mass is 16.8. The van der Waals surface area contributed by atoms with E-state index >= 15 is 0 Å². The lowest BCUT2D eigenvalue weighted by molar-refractivity contribution is -0.274. The summed E-state index contributed by atoms with van der Waals surface area (Å²) in [6.45, 7) is 4.05. The average Bonchev–Trinajstić information content (AvgIpc) is 2.62. The zero-order chi connectivity index (χ0) is 18.6. The Hall–Kier alpha value is -0.360. The molecule has 0 heterocycles. The minimum Gasteiger partial charge on any atom is -0.382 e. The molecule has 9 heteroatoms. The molecule has 2 unspecified atom stereocenters. The summed E-state index contributed by atoms with van der Waals surface area (Å²) >= 11 is 0. The molecule has 0 fully saturated rings. The molecule has 0 bridgehead atoms. The molecule has 0 saturated heterocycles. The third kappa shape index (κ3) is 16.8. The fraction of sp³-hybridized carbons (Fsp3) is 1.00. The molecule has 0 aliphatic rings. The molecule has 0 rings (SSSR count). The summed E-state index contributed by atoms with van der Waals surface area (Å²) in [4.78, 5) is 0. The summed E-state index contributed by atoms with van der Waals surface area (Å²) in [5.41, 5.74) is 0. The van der Waals surface area contributed by atoms with Crippen LogP contribution in [0.1, 0.15) is 0 Å². The lowest BCUT2D eigenvalue weighted by atomic mass is 10.6. The number of rotatable bonds is 20. The van der Waals surface area contributed by atoms with E-state index in [1.165, 1.54) is 0 Å². The van der Waals surface area contributed by atoms with Gasteiger partial charge in [0, 0.05) is 28.4 Å². The molecule has 0 saturated carbocycles. The first-order chi connectivity index (χ1) is 12.3. The van der Waals surface area contributed by atoms with E-state index in [0.717, 1.165) is 0 Å². The maximum Gasteiger partial charge on any atom is 0.184 e. The van der Waals surface area contributed by atoms with Crippen LogP contribution in [0.3, 0.4) is 0 Å². The molecule has 0 N–H and O–H groups in total. The van der Waals surface area contributed by atoms with E-state index in [1.54, 1.807) is 28.4 Å². The van der Waals surface area contributed by atoms with Gasteiger partial charge in [-0.2, -0.15) is 0 Å². The maximum absolute atomic E-state index is 5.82. The lowest BCUT2D eigenvalue weighted by Crippen LogP contribution is -2.35. The van der Waals surface area contributed by atoms with Crippen LogP contribution in [0.5, 0.6) is 0 Å². The van der Waals surface area contributed by atoms with Gasteiger partial charge < -0.3 is 42.6 Å². The Morgan fingerprint density at radius 3 is 1.20 bits per heavy atom. The summed E-state index contributed by atoms with van der Waals surface area (Å²) in [6.07, 6.45) is -1.21. The normalized spacial score (nSPS) is 13.9. The Kier molecular flexibility index (Phi) is 19.7. The monoisotopic (exact) mass is 370 g/mol. The Labute approximate surface area is 150 Å². The third-order valence-corrected chi connectivity index (χ3v) is 2.86. The molecule has 0 aromatic heterocycles. The highest BCUT2D eigenvalue weighted by Gasteiger charge is 2.19. The van der Waals surface area contributed by atoms with Crippen LogP contribution in [0.25, 0.3) is 0 Å². The first-order valence-corrected chi connectivity index (χ1v) is 8.28. The van der Waals surface area contributed by atoms with Crippen LogP contribution < -0.4 is 0 Å². The summed E-state index contributed by atoms with van der Waals surface area (Å²) in [5.74, 6) is 0. The van der Waals surface area contributed by atoms with Crippen LogP contribution in [-0.4, -0.2) is 107 Å². The second-order valence-electron chi connectivity index (χ2n) is 4.86. The Morgan fingerprint density at radius 2 is 0.840 bits per heavy atom. The average molecular weight is 370 g/mol. The van der Waals surface area contributed by atoms with Crippen molar-refractivity contribution in [1.82, 2.24) is 0 Å². The number of hydrogen-bond acceptors (Lipinski definition) is 9. The van der Waals surface area contributed by atoms with E-state index in [9.17, 15) is 0 Å². The number of hydrogen-bond donors (Lipinski definition) is 0. The van der Waals surface area contributed by atoms with Gasteiger partial charge in [0.2, 0.25) is 0 Å². The van der Waals surface area contributed by atoms with Crippen LogP contribution in [-0.2, 0) is 42.6 Å². The zero-order valence-electron chi connectivity index (χ0n) is 15.9. The van der Waals surface area contributed by atoms with Crippen molar-refractivity contribution in [3.8, 4) is 0 Å². The van der Waals surface area contributed by atoms with Gasteiger partial charge in [-0.05, 0) is 0 Å². The van der Waals surface area contributed by atoms with Crippen molar-refractivity contribution in [3.63, 3.8) is 0 Å². The summed E-state index contributed by atoms with van der Waals surface area (Å²) < 4.78 is 47.9. The van der Waals surface area contributed by atoms with E-state index in [0.29, 0.717) is 52.9 Å². The molecule has 0 aliphatic heterocycles. The molecular weight excluding hydrogens is 336 g/mol. The molecule has 0 aromatic carbocycles. The van der Waals surface area contributed by atoms with Crippen molar-refractivity contribution < 1.29 is 42.6 Å². The SMILES string of the molecule is COCCOCC(OCCOC)OC(COCCOC)OCCOC. The lowest BCUT2D eigenvalue weighted by Gasteiger charge is -2.25. The molecule has 2 atom stereocenters. The van der Waals surface area contributed by atoms with Gasteiger partial charge >= 0.3 is 0 Å². The Balaban J connectivity index is 4.36. The van der Waals surface area contributed by atoms with Gasteiger partial charge in [0.25, 0.3) is 0 Å². The van der Waals surface area contributed by atoms with Crippen molar-refractivity contribution in [3.05, 3.63) is 0 Å². The zero-order valence-corrected chi connectivity index (χ0v) is 15.9. The quantitative estimate of drug-likeness (QED) is 0.222. The van der Waals surface area contributed by atoms with Gasteiger partial charge in [-0.1, -0.05) is 0 Å². The van der Waals surface area contributed by atoms with Crippen molar-refractivity contribution in [2.75, 3.05) is 94.5 Å². The van der Waals surface area contributed by atoms with Crippen LogP contribution >= 0.6 is 0 Å². The fourth-order valence-corrected chi connectivity index (χ4v) is 1.59. The summed E-state index contributed by atoms with van der Waals surface area (Å²) in [6, 6.07) is 0. The van der Waals surface area contributed by atoms with Crippen molar-refractivity contribution in [2.24, 2.45) is 0 Å². The highest BCUT2D eigenvalue weighted by Crippen LogP contribution is 2.05. The van der Waals surface area contributed by atoms with Crippen LogP contribution in [0, 0.1) is 0 Å². The Morgan fingerprint density at radius 1 is 0.480 bits per heavy atom. The molecule has 152 valence electrons. The van der Waals surface area contributed by atoms with Gasteiger partial charge in [0.1, 0.15) is 0 Å². The summed E-state index contributed by atoms with van der Waals surface area (Å²) in [7, 11) is 6.44. The summed E-state index contributed by atoms with van der Waals surface area (Å²) in [5, 5.41) is 0. The second-order valence-corrected chi connectivity index (χ2v) is 4.86. The van der Waals surface area contributed by atoms with Gasteiger partial charge in [-0.15, -0.1) is 0 Å². The van der Waals surface area contributed by atoms with E-state index in [1.807, 2.05) is 0 Å². The topological polar surface area (TPSA) is 83.1 Å². The predicted molar refractivity (Wildman–Crippen MR) is 89.7 cm³/mol. The molecular formula is C16H34O9. The van der Waals surface area contributed by atoms with Gasteiger partial charge in [0.15, 0.2) is 12.6 Å². The van der Waals surface area contributed by atoms with E-state index in [4.69, 9.17) is 42.6 Å². The molecule has 0 aromatic rings. The predicted octanol–water partition coefficient (Wildman–Crippen LogP) is 0.307. The molecule has 0 amide bonds. The first kappa shape index (κ1) is 24.6. The van der Waals surface area contributed by atoms with E-state index in [-0.39, 0.29) is 13.2 Å². The molecule has 9 nitrogen and oxygen atoms in total. The van der Waals surface area contributed by atoms with Gasteiger partial charge in [-0.3, -0.25) is 0 Å². The molecule has 0 radical (unpaired) electrons. The first-order valence-electron chi connectivity index (χ1n) is 8.28. The van der Waals surface area contributed by atoms with Crippen molar-refractivity contribution >= 4 is 0 Å². The van der Waals surface area contributed by atoms with Crippen molar-refractivity contribution in [1.29, 1.82) is 0 Å². The number of ether oxygens (including phenoxy) is 9. The maximum atomic E-state index is 5.82. The van der Waals surface area contributed by atoms with E-state index < -0.39 is 12.6 Å². The smallest absolute Gasteiger partial charge is 0.184 e. The second kappa shape index (κ2) is 20.0. The Bertz CT molecular complexity index is 232. The molecule has 0 spiro atoms. The van der Waals surface area contributed by atoms with Crippen molar-refractivity contribution in [2.45, 2.75) is 12.6 Å². The minimum atomic E-state index is -0.606. The third-order valence-electron chi connectivity index (χ3n) is 2.86. The fourth-order valence-electron chi connectivity index (χ4n) is 1.59.